The third kappa shape index (κ3) is 2.78. The van der Waals surface area contributed by atoms with Crippen molar-refractivity contribution >= 4 is 5.95 Å². The summed E-state index contributed by atoms with van der Waals surface area (Å²) in [6.07, 6.45) is 2.22. The highest BCUT2D eigenvalue weighted by Gasteiger charge is 2.30. The van der Waals surface area contributed by atoms with Crippen LogP contribution in [0.1, 0.15) is 35.8 Å². The van der Waals surface area contributed by atoms with Crippen LogP contribution in [0.5, 0.6) is 5.75 Å². The van der Waals surface area contributed by atoms with Crippen LogP contribution in [0.15, 0.2) is 18.2 Å². The van der Waals surface area contributed by atoms with Crippen molar-refractivity contribution in [3.8, 4) is 5.75 Å². The summed E-state index contributed by atoms with van der Waals surface area (Å²) in [5.74, 6) is 2.23. The first-order valence-corrected chi connectivity index (χ1v) is 7.62. The van der Waals surface area contributed by atoms with E-state index in [0.29, 0.717) is 5.95 Å². The second kappa shape index (κ2) is 5.96. The van der Waals surface area contributed by atoms with Crippen LogP contribution < -0.4 is 10.5 Å². The van der Waals surface area contributed by atoms with Crippen LogP contribution in [-0.4, -0.2) is 33.3 Å². The Morgan fingerprint density at radius 2 is 2.23 bits per heavy atom. The maximum atomic E-state index is 5.82. The van der Waals surface area contributed by atoms with Gasteiger partial charge in [-0.1, -0.05) is 17.7 Å². The molecular formula is C16H23N5O. The molecule has 0 radical (unpaired) electrons. The lowest BCUT2D eigenvalue weighted by Gasteiger charge is -2.23. The fourth-order valence-corrected chi connectivity index (χ4v) is 3.12. The highest BCUT2D eigenvalue weighted by molar-refractivity contribution is 5.37. The van der Waals surface area contributed by atoms with Gasteiger partial charge in [0.2, 0.25) is 5.95 Å². The van der Waals surface area contributed by atoms with Crippen molar-refractivity contribution in [2.45, 2.75) is 32.4 Å². The molecule has 3 rings (SSSR count). The molecule has 2 aromatic rings. The van der Waals surface area contributed by atoms with E-state index in [-0.39, 0.29) is 6.04 Å². The minimum absolute atomic E-state index is 0.230. The number of likely N-dealkylation sites (tertiary alicyclic amines) is 1. The molecule has 1 atom stereocenters. The molecule has 0 bridgehead atoms. The summed E-state index contributed by atoms with van der Waals surface area (Å²) in [6, 6.07) is 6.53. The number of benzene rings is 1. The zero-order valence-electron chi connectivity index (χ0n) is 13.4. The van der Waals surface area contributed by atoms with E-state index in [1.54, 1.807) is 11.8 Å². The molecule has 2 heterocycles. The van der Waals surface area contributed by atoms with Gasteiger partial charge in [-0.05, 0) is 32.4 Å². The Bertz CT molecular complexity index is 647. The molecule has 22 heavy (non-hydrogen) atoms. The van der Waals surface area contributed by atoms with Gasteiger partial charge in [0.05, 0.1) is 13.2 Å². The molecule has 2 N–H and O–H groups in total. The van der Waals surface area contributed by atoms with Crippen molar-refractivity contribution < 1.29 is 4.74 Å². The van der Waals surface area contributed by atoms with Crippen molar-refractivity contribution in [1.82, 2.24) is 19.7 Å². The highest BCUT2D eigenvalue weighted by Crippen LogP contribution is 2.33. The molecule has 1 aromatic carbocycles. The predicted molar refractivity (Wildman–Crippen MR) is 85.5 cm³/mol. The third-order valence-electron chi connectivity index (χ3n) is 4.28. The van der Waals surface area contributed by atoms with E-state index < -0.39 is 0 Å². The third-order valence-corrected chi connectivity index (χ3v) is 4.28. The number of rotatable bonds is 4. The van der Waals surface area contributed by atoms with Crippen molar-refractivity contribution in [1.29, 1.82) is 0 Å². The van der Waals surface area contributed by atoms with Crippen molar-refractivity contribution in [2.24, 2.45) is 7.05 Å². The second-order valence-corrected chi connectivity index (χ2v) is 5.90. The molecule has 1 aromatic heterocycles. The average molecular weight is 301 g/mol. The fourth-order valence-electron chi connectivity index (χ4n) is 3.12. The summed E-state index contributed by atoms with van der Waals surface area (Å²) in [5, 5.41) is 4.45. The SMILES string of the molecule is COc1ccc(C)cc1CN1CCCC1c1nc(N)n(C)n1. The van der Waals surface area contributed by atoms with E-state index >= 15 is 0 Å². The van der Waals surface area contributed by atoms with Gasteiger partial charge < -0.3 is 10.5 Å². The lowest BCUT2D eigenvalue weighted by atomic mass is 10.1. The molecule has 118 valence electrons. The maximum absolute atomic E-state index is 5.82. The Labute approximate surface area is 130 Å². The minimum Gasteiger partial charge on any atom is -0.496 e. The maximum Gasteiger partial charge on any atom is 0.218 e. The predicted octanol–water partition coefficient (Wildman–Crippen LogP) is 2.05. The van der Waals surface area contributed by atoms with Gasteiger partial charge in [0.1, 0.15) is 5.75 Å². The van der Waals surface area contributed by atoms with Gasteiger partial charge in [-0.2, -0.15) is 10.1 Å². The molecule has 0 saturated carbocycles. The Morgan fingerprint density at radius 1 is 1.41 bits per heavy atom. The molecule has 6 heteroatoms. The number of anilines is 1. The normalized spacial score (nSPS) is 18.8. The van der Waals surface area contributed by atoms with E-state index in [9.17, 15) is 0 Å². The van der Waals surface area contributed by atoms with Gasteiger partial charge in [-0.3, -0.25) is 4.90 Å². The van der Waals surface area contributed by atoms with Crippen LogP contribution >= 0.6 is 0 Å². The first-order valence-electron chi connectivity index (χ1n) is 7.62. The quantitative estimate of drug-likeness (QED) is 0.936. The monoisotopic (exact) mass is 301 g/mol. The number of hydrogen-bond acceptors (Lipinski definition) is 5. The number of nitrogens with zero attached hydrogens (tertiary/aromatic N) is 4. The fraction of sp³-hybridized carbons (Fsp3) is 0.500. The Hall–Kier alpha value is -2.08. The number of methoxy groups -OCH3 is 1. The van der Waals surface area contributed by atoms with E-state index in [2.05, 4.69) is 34.0 Å². The highest BCUT2D eigenvalue weighted by atomic mass is 16.5. The molecule has 1 aliphatic rings. The average Bonchev–Trinajstić information content (AvgIpc) is 3.07. The van der Waals surface area contributed by atoms with Crippen LogP contribution in [0, 0.1) is 6.92 Å². The van der Waals surface area contributed by atoms with E-state index in [1.807, 2.05) is 13.1 Å². The summed E-state index contributed by atoms with van der Waals surface area (Å²) >= 11 is 0. The summed E-state index contributed by atoms with van der Waals surface area (Å²) < 4.78 is 7.13. The molecule has 0 aliphatic carbocycles. The molecule has 1 aliphatic heterocycles. The van der Waals surface area contributed by atoms with Crippen LogP contribution in [0.2, 0.25) is 0 Å². The lowest BCUT2D eigenvalue weighted by molar-refractivity contribution is 0.236. The number of ether oxygens (including phenoxy) is 1. The zero-order valence-corrected chi connectivity index (χ0v) is 13.4. The van der Waals surface area contributed by atoms with Gasteiger partial charge >= 0.3 is 0 Å². The van der Waals surface area contributed by atoms with Gasteiger partial charge in [0.25, 0.3) is 0 Å². The Morgan fingerprint density at radius 3 is 2.91 bits per heavy atom. The van der Waals surface area contributed by atoms with Gasteiger partial charge in [-0.25, -0.2) is 4.68 Å². The van der Waals surface area contributed by atoms with Gasteiger partial charge in [0.15, 0.2) is 5.82 Å². The standard InChI is InChI=1S/C16H23N5O/c1-11-6-7-14(22-3)12(9-11)10-21-8-4-5-13(21)15-18-16(17)20(2)19-15/h6-7,9,13H,4-5,8,10H2,1-3H3,(H2,17,18,19). The number of aryl methyl sites for hydroxylation is 2. The topological polar surface area (TPSA) is 69.2 Å². The molecule has 1 saturated heterocycles. The first kappa shape index (κ1) is 14.8. The second-order valence-electron chi connectivity index (χ2n) is 5.90. The van der Waals surface area contributed by atoms with E-state index in [4.69, 9.17) is 10.5 Å². The van der Waals surface area contributed by atoms with Crippen molar-refractivity contribution in [3.63, 3.8) is 0 Å². The van der Waals surface area contributed by atoms with Crippen LogP contribution in [0.3, 0.4) is 0 Å². The molecule has 1 fully saturated rings. The lowest BCUT2D eigenvalue weighted by Crippen LogP contribution is -2.24. The summed E-state index contributed by atoms with van der Waals surface area (Å²) in [5.41, 5.74) is 8.27. The molecule has 0 amide bonds. The number of nitrogens with two attached hydrogens (primary N) is 1. The zero-order chi connectivity index (χ0) is 15.7. The molecule has 1 unspecified atom stereocenters. The first-order chi connectivity index (χ1) is 10.6. The van der Waals surface area contributed by atoms with Crippen molar-refractivity contribution in [3.05, 3.63) is 35.2 Å². The largest absolute Gasteiger partial charge is 0.496 e. The van der Waals surface area contributed by atoms with E-state index in [0.717, 1.165) is 37.5 Å². The molecular weight excluding hydrogens is 278 g/mol. The summed E-state index contributed by atoms with van der Waals surface area (Å²) in [6.45, 7) is 3.99. The molecule has 6 nitrogen and oxygen atoms in total. The Kier molecular flexibility index (Phi) is 4.02. The smallest absolute Gasteiger partial charge is 0.218 e. The summed E-state index contributed by atoms with van der Waals surface area (Å²) in [7, 11) is 3.55. The minimum atomic E-state index is 0.230. The summed E-state index contributed by atoms with van der Waals surface area (Å²) in [4.78, 5) is 6.81. The number of hydrogen-bond donors (Lipinski definition) is 1. The van der Waals surface area contributed by atoms with Crippen LogP contribution in [0.4, 0.5) is 5.95 Å². The van der Waals surface area contributed by atoms with Crippen LogP contribution in [0.25, 0.3) is 0 Å². The van der Waals surface area contributed by atoms with E-state index in [1.165, 1.54) is 11.1 Å². The Balaban J connectivity index is 1.83. The molecule has 0 spiro atoms. The number of aromatic nitrogens is 3. The van der Waals surface area contributed by atoms with Gasteiger partial charge in [0, 0.05) is 19.2 Å². The van der Waals surface area contributed by atoms with Crippen molar-refractivity contribution in [2.75, 3.05) is 19.4 Å². The number of nitrogen functional groups attached to an aromatic ring is 1. The van der Waals surface area contributed by atoms with Crippen LogP contribution in [-0.2, 0) is 13.6 Å². The van der Waals surface area contributed by atoms with Gasteiger partial charge in [-0.15, -0.1) is 0 Å².